The highest BCUT2D eigenvalue weighted by molar-refractivity contribution is 7.91. The van der Waals surface area contributed by atoms with Gasteiger partial charge in [-0.1, -0.05) is 0 Å². The summed E-state index contributed by atoms with van der Waals surface area (Å²) in [6.45, 7) is 0. The first-order valence-corrected chi connectivity index (χ1v) is 7.21. The van der Waals surface area contributed by atoms with E-state index >= 15 is 0 Å². The molecule has 4 nitrogen and oxygen atoms in total. The molecule has 0 aliphatic heterocycles. The Balaban J connectivity index is 2.42. The van der Waals surface area contributed by atoms with Gasteiger partial charge in [-0.05, 0) is 48.5 Å². The number of benzene rings is 2. The minimum Gasteiger partial charge on any atom is -0.508 e. The Morgan fingerprint density at radius 2 is 1.26 bits per heavy atom. The molecule has 0 spiro atoms. The number of phenolic OH excluding ortho intramolecular Hbond substituents is 1. The van der Waals surface area contributed by atoms with E-state index in [-0.39, 0.29) is 15.5 Å². The highest BCUT2D eigenvalue weighted by atomic mass is 32.2. The molecule has 2 aromatic rings. The molecule has 0 radical (unpaired) electrons. The van der Waals surface area contributed by atoms with Crippen LogP contribution in [-0.2, 0) is 9.84 Å². The second kappa shape index (κ2) is 4.93. The zero-order valence-corrected chi connectivity index (χ0v) is 11.6. The average Bonchev–Trinajstić information content (AvgIpc) is 2.39. The number of hydrogen-bond acceptors (Lipinski definition) is 4. The van der Waals surface area contributed by atoms with Gasteiger partial charge in [-0.2, -0.15) is 0 Å². The topological polar surface area (TPSA) is 57.6 Å². The Morgan fingerprint density at radius 3 is 1.68 bits per heavy atom. The van der Waals surface area contributed by atoms with E-state index in [1.54, 1.807) is 24.3 Å². The van der Waals surface area contributed by atoms with Crippen molar-refractivity contribution in [2.75, 3.05) is 19.0 Å². The third kappa shape index (κ3) is 2.71. The standard InChI is InChI=1S/C14H15NO3S/c1-15(2)11-3-7-13(8-4-11)19(17,18)14-9-5-12(16)6-10-14/h3-10,16H,1-2H3. The largest absolute Gasteiger partial charge is 0.508 e. The van der Waals surface area contributed by atoms with Crippen LogP contribution in [0.15, 0.2) is 58.3 Å². The SMILES string of the molecule is CN(C)c1ccc(S(=O)(=O)c2ccc(O)cc2)cc1. The number of nitrogens with zero attached hydrogens (tertiary/aromatic N) is 1. The molecule has 1 N–H and O–H groups in total. The van der Waals surface area contributed by atoms with E-state index in [0.717, 1.165) is 5.69 Å². The first-order chi connectivity index (χ1) is 8.91. The molecule has 0 fully saturated rings. The molecule has 0 atom stereocenters. The van der Waals surface area contributed by atoms with Gasteiger partial charge in [-0.25, -0.2) is 8.42 Å². The summed E-state index contributed by atoms with van der Waals surface area (Å²) in [6.07, 6.45) is 0. The summed E-state index contributed by atoms with van der Waals surface area (Å²) >= 11 is 0. The van der Waals surface area contributed by atoms with Gasteiger partial charge in [-0.15, -0.1) is 0 Å². The normalized spacial score (nSPS) is 11.3. The number of rotatable bonds is 3. The maximum Gasteiger partial charge on any atom is 0.206 e. The Labute approximate surface area is 112 Å². The van der Waals surface area contributed by atoms with Crippen molar-refractivity contribution in [3.8, 4) is 5.75 Å². The molecule has 19 heavy (non-hydrogen) atoms. The Kier molecular flexibility index (Phi) is 3.48. The Hall–Kier alpha value is -2.01. The van der Waals surface area contributed by atoms with E-state index < -0.39 is 9.84 Å². The van der Waals surface area contributed by atoms with Crippen molar-refractivity contribution in [3.05, 3.63) is 48.5 Å². The predicted octanol–water partition coefficient (Wildman–Crippen LogP) is 2.29. The van der Waals surface area contributed by atoms with Crippen molar-refractivity contribution in [1.82, 2.24) is 0 Å². The number of anilines is 1. The molecule has 5 heteroatoms. The van der Waals surface area contributed by atoms with Crippen LogP contribution >= 0.6 is 0 Å². The molecule has 2 aromatic carbocycles. The zero-order chi connectivity index (χ0) is 14.0. The molecule has 0 heterocycles. The molecule has 0 amide bonds. The summed E-state index contributed by atoms with van der Waals surface area (Å²) in [5.41, 5.74) is 0.935. The minimum atomic E-state index is -3.53. The van der Waals surface area contributed by atoms with E-state index in [4.69, 9.17) is 0 Å². The highest BCUT2D eigenvalue weighted by Crippen LogP contribution is 2.24. The van der Waals surface area contributed by atoms with Gasteiger partial charge in [-0.3, -0.25) is 0 Å². The minimum absolute atomic E-state index is 0.0434. The van der Waals surface area contributed by atoms with Crippen molar-refractivity contribution in [2.24, 2.45) is 0 Å². The lowest BCUT2D eigenvalue weighted by atomic mass is 10.3. The van der Waals surface area contributed by atoms with Crippen LogP contribution in [0.1, 0.15) is 0 Å². The molecule has 0 aliphatic rings. The summed E-state index contributed by atoms with van der Waals surface area (Å²) in [5.74, 6) is 0.0434. The van der Waals surface area contributed by atoms with Crippen LogP contribution in [0.2, 0.25) is 0 Å². The molecular formula is C14H15NO3S. The smallest absolute Gasteiger partial charge is 0.206 e. The molecule has 0 unspecified atom stereocenters. The van der Waals surface area contributed by atoms with Gasteiger partial charge in [0.15, 0.2) is 0 Å². The molecule has 0 aromatic heterocycles. The van der Waals surface area contributed by atoms with Gasteiger partial charge < -0.3 is 10.0 Å². The van der Waals surface area contributed by atoms with Gasteiger partial charge in [0.1, 0.15) is 5.75 Å². The molecular weight excluding hydrogens is 262 g/mol. The van der Waals surface area contributed by atoms with Crippen molar-refractivity contribution in [2.45, 2.75) is 9.79 Å². The average molecular weight is 277 g/mol. The molecule has 0 saturated heterocycles. The third-order valence-electron chi connectivity index (χ3n) is 2.81. The maximum absolute atomic E-state index is 12.3. The molecule has 0 saturated carbocycles. The number of hydrogen-bond donors (Lipinski definition) is 1. The van der Waals surface area contributed by atoms with Crippen molar-refractivity contribution in [1.29, 1.82) is 0 Å². The summed E-state index contributed by atoms with van der Waals surface area (Å²) in [7, 11) is 0.257. The van der Waals surface area contributed by atoms with Crippen LogP contribution < -0.4 is 4.90 Å². The van der Waals surface area contributed by atoms with Crippen LogP contribution in [0.25, 0.3) is 0 Å². The lowest BCUT2D eigenvalue weighted by Gasteiger charge is -2.12. The van der Waals surface area contributed by atoms with Gasteiger partial charge in [0.2, 0.25) is 9.84 Å². The second-order valence-corrected chi connectivity index (χ2v) is 6.34. The van der Waals surface area contributed by atoms with Gasteiger partial charge in [0.25, 0.3) is 0 Å². The molecule has 0 aliphatic carbocycles. The summed E-state index contributed by atoms with van der Waals surface area (Å²) in [5, 5.41) is 9.19. The Morgan fingerprint density at radius 1 is 0.842 bits per heavy atom. The lowest BCUT2D eigenvalue weighted by molar-refractivity contribution is 0.475. The molecule has 2 rings (SSSR count). The highest BCUT2D eigenvalue weighted by Gasteiger charge is 2.17. The first kappa shape index (κ1) is 13.4. The summed E-state index contributed by atoms with van der Waals surface area (Å²) < 4.78 is 24.7. The van der Waals surface area contributed by atoms with E-state index in [9.17, 15) is 13.5 Å². The van der Waals surface area contributed by atoms with Crippen LogP contribution in [0.3, 0.4) is 0 Å². The van der Waals surface area contributed by atoms with Crippen LogP contribution in [0, 0.1) is 0 Å². The predicted molar refractivity (Wildman–Crippen MR) is 74.3 cm³/mol. The maximum atomic E-state index is 12.3. The van der Waals surface area contributed by atoms with Crippen molar-refractivity contribution in [3.63, 3.8) is 0 Å². The molecule has 0 bridgehead atoms. The number of phenols is 1. The number of aromatic hydroxyl groups is 1. The van der Waals surface area contributed by atoms with Gasteiger partial charge in [0.05, 0.1) is 9.79 Å². The van der Waals surface area contributed by atoms with Gasteiger partial charge in [0, 0.05) is 19.8 Å². The lowest BCUT2D eigenvalue weighted by Crippen LogP contribution is -2.09. The van der Waals surface area contributed by atoms with Crippen LogP contribution in [0.4, 0.5) is 5.69 Å². The fourth-order valence-corrected chi connectivity index (χ4v) is 2.95. The first-order valence-electron chi connectivity index (χ1n) is 5.73. The van der Waals surface area contributed by atoms with Crippen LogP contribution in [-0.4, -0.2) is 27.6 Å². The van der Waals surface area contributed by atoms with Crippen molar-refractivity contribution < 1.29 is 13.5 Å². The Bertz CT molecular complexity index is 659. The van der Waals surface area contributed by atoms with E-state index in [2.05, 4.69) is 0 Å². The summed E-state index contributed by atoms with van der Waals surface area (Å²) in [4.78, 5) is 2.31. The van der Waals surface area contributed by atoms with E-state index in [1.807, 2.05) is 19.0 Å². The second-order valence-electron chi connectivity index (χ2n) is 4.39. The van der Waals surface area contributed by atoms with Crippen molar-refractivity contribution >= 4 is 15.5 Å². The van der Waals surface area contributed by atoms with E-state index in [1.165, 1.54) is 24.3 Å². The zero-order valence-electron chi connectivity index (χ0n) is 10.7. The monoisotopic (exact) mass is 277 g/mol. The molecule has 100 valence electrons. The summed E-state index contributed by atoms with van der Waals surface area (Å²) in [6, 6.07) is 12.2. The quantitative estimate of drug-likeness (QED) is 0.935. The van der Waals surface area contributed by atoms with Gasteiger partial charge >= 0.3 is 0 Å². The number of sulfone groups is 1. The fourth-order valence-electron chi connectivity index (χ4n) is 1.68. The van der Waals surface area contributed by atoms with E-state index in [0.29, 0.717) is 0 Å². The third-order valence-corrected chi connectivity index (χ3v) is 4.60. The van der Waals surface area contributed by atoms with Crippen LogP contribution in [0.5, 0.6) is 5.75 Å². The fraction of sp³-hybridized carbons (Fsp3) is 0.143.